The van der Waals surface area contributed by atoms with Gasteiger partial charge in [-0.3, -0.25) is 0 Å². The van der Waals surface area contributed by atoms with Crippen molar-refractivity contribution in [3.8, 4) is 5.69 Å². The Labute approximate surface area is 189 Å². The molecule has 0 spiro atoms. The SMILES string of the molecule is Cc1cccc([C@H]2c3cccn3-c3ccccc3CN2C(=O)Nc2cc(C)ccc2C)c1. The van der Waals surface area contributed by atoms with Crippen LogP contribution in [0, 0.1) is 20.8 Å². The number of carbonyl (C=O) groups is 1. The van der Waals surface area contributed by atoms with Gasteiger partial charge in [0.05, 0.1) is 18.3 Å². The van der Waals surface area contributed by atoms with Crippen LogP contribution in [0.2, 0.25) is 0 Å². The van der Waals surface area contributed by atoms with Gasteiger partial charge in [0.2, 0.25) is 0 Å². The third kappa shape index (κ3) is 3.58. The first-order valence-electron chi connectivity index (χ1n) is 11.0. The minimum Gasteiger partial charge on any atom is -0.318 e. The summed E-state index contributed by atoms with van der Waals surface area (Å²) in [6.07, 6.45) is 2.09. The predicted octanol–water partition coefficient (Wildman–Crippen LogP) is 6.54. The molecular weight excluding hydrogens is 394 g/mol. The Hall–Kier alpha value is -3.79. The number of aryl methyl sites for hydroxylation is 3. The number of carbonyl (C=O) groups excluding carboxylic acids is 1. The first-order chi connectivity index (χ1) is 15.5. The van der Waals surface area contributed by atoms with E-state index in [0.717, 1.165) is 39.3 Å². The molecular formula is C28H27N3O. The first-order valence-corrected chi connectivity index (χ1v) is 11.0. The second-order valence-corrected chi connectivity index (χ2v) is 8.62. The highest BCUT2D eigenvalue weighted by atomic mass is 16.2. The zero-order valence-electron chi connectivity index (χ0n) is 18.7. The zero-order valence-corrected chi connectivity index (χ0v) is 18.7. The molecule has 1 N–H and O–H groups in total. The molecule has 1 aromatic heterocycles. The van der Waals surface area contributed by atoms with E-state index in [9.17, 15) is 4.79 Å². The molecule has 32 heavy (non-hydrogen) atoms. The number of anilines is 1. The topological polar surface area (TPSA) is 37.3 Å². The second-order valence-electron chi connectivity index (χ2n) is 8.62. The van der Waals surface area contributed by atoms with Crippen LogP contribution in [-0.4, -0.2) is 15.5 Å². The van der Waals surface area contributed by atoms with E-state index >= 15 is 0 Å². The smallest absolute Gasteiger partial charge is 0.318 e. The van der Waals surface area contributed by atoms with E-state index in [1.54, 1.807) is 0 Å². The highest BCUT2D eigenvalue weighted by Crippen LogP contribution is 2.37. The van der Waals surface area contributed by atoms with Crippen LogP contribution in [0.15, 0.2) is 85.1 Å². The van der Waals surface area contributed by atoms with Crippen molar-refractivity contribution in [2.45, 2.75) is 33.4 Å². The Balaban J connectivity index is 1.65. The van der Waals surface area contributed by atoms with Crippen LogP contribution in [0.25, 0.3) is 5.69 Å². The van der Waals surface area contributed by atoms with Crippen molar-refractivity contribution in [1.29, 1.82) is 0 Å². The molecule has 0 fully saturated rings. The number of fused-ring (bicyclic) bond motifs is 3. The van der Waals surface area contributed by atoms with Gasteiger partial charge in [0.25, 0.3) is 0 Å². The highest BCUT2D eigenvalue weighted by Gasteiger charge is 2.33. The van der Waals surface area contributed by atoms with Gasteiger partial charge < -0.3 is 14.8 Å². The van der Waals surface area contributed by atoms with Crippen molar-refractivity contribution in [2.24, 2.45) is 0 Å². The lowest BCUT2D eigenvalue weighted by molar-refractivity contribution is 0.194. The lowest BCUT2D eigenvalue weighted by atomic mass is 10.00. The Morgan fingerprint density at radius 3 is 2.53 bits per heavy atom. The number of hydrogen-bond acceptors (Lipinski definition) is 1. The summed E-state index contributed by atoms with van der Waals surface area (Å²) in [5, 5.41) is 3.19. The molecule has 0 radical (unpaired) electrons. The van der Waals surface area contributed by atoms with Crippen LogP contribution >= 0.6 is 0 Å². The zero-order chi connectivity index (χ0) is 22.2. The molecule has 0 saturated heterocycles. The van der Waals surface area contributed by atoms with Gasteiger partial charge in [-0.05, 0) is 67.3 Å². The Bertz CT molecular complexity index is 1300. The van der Waals surface area contributed by atoms with Crippen molar-refractivity contribution in [3.63, 3.8) is 0 Å². The predicted molar refractivity (Wildman–Crippen MR) is 129 cm³/mol. The van der Waals surface area contributed by atoms with E-state index < -0.39 is 0 Å². The summed E-state index contributed by atoms with van der Waals surface area (Å²) >= 11 is 0. The molecule has 2 amide bonds. The Morgan fingerprint density at radius 1 is 0.875 bits per heavy atom. The van der Waals surface area contributed by atoms with Crippen LogP contribution in [-0.2, 0) is 6.54 Å². The number of urea groups is 1. The third-order valence-electron chi connectivity index (χ3n) is 6.22. The van der Waals surface area contributed by atoms with Gasteiger partial charge in [-0.25, -0.2) is 4.79 Å². The van der Waals surface area contributed by atoms with E-state index in [-0.39, 0.29) is 12.1 Å². The van der Waals surface area contributed by atoms with E-state index in [1.165, 1.54) is 5.56 Å². The molecule has 4 heteroatoms. The number of rotatable bonds is 2. The Morgan fingerprint density at radius 2 is 1.69 bits per heavy atom. The fourth-order valence-corrected chi connectivity index (χ4v) is 4.59. The number of para-hydroxylation sites is 1. The number of nitrogens with zero attached hydrogens (tertiary/aromatic N) is 2. The fourth-order valence-electron chi connectivity index (χ4n) is 4.59. The van der Waals surface area contributed by atoms with Crippen LogP contribution in [0.1, 0.15) is 39.6 Å². The molecule has 4 aromatic rings. The summed E-state index contributed by atoms with van der Waals surface area (Å²) in [4.78, 5) is 15.8. The molecule has 4 nitrogen and oxygen atoms in total. The summed E-state index contributed by atoms with van der Waals surface area (Å²) in [5.41, 5.74) is 8.63. The standard InChI is InChI=1S/C28H27N3O/c1-19-8-6-10-22(16-19)27-26-12-7-15-30(26)25-11-5-4-9-23(25)18-31(27)28(32)29-24-17-20(2)13-14-21(24)3/h4-17,27H,18H2,1-3H3,(H,29,32)/t27-/m0/s1. The first kappa shape index (κ1) is 20.1. The van der Waals surface area contributed by atoms with E-state index in [0.29, 0.717) is 6.54 Å². The van der Waals surface area contributed by atoms with Crippen molar-refractivity contribution in [3.05, 3.63) is 119 Å². The normalized spacial score (nSPS) is 15.0. The minimum absolute atomic E-state index is 0.102. The summed E-state index contributed by atoms with van der Waals surface area (Å²) in [5.74, 6) is 0. The minimum atomic E-state index is -0.206. The quantitative estimate of drug-likeness (QED) is 0.392. The number of nitrogens with one attached hydrogen (secondary N) is 1. The number of benzene rings is 3. The summed E-state index contributed by atoms with van der Waals surface area (Å²) in [6.45, 7) is 6.68. The van der Waals surface area contributed by atoms with Crippen molar-refractivity contribution < 1.29 is 4.79 Å². The monoisotopic (exact) mass is 421 g/mol. The van der Waals surface area contributed by atoms with Gasteiger partial charge in [0.15, 0.2) is 0 Å². The van der Waals surface area contributed by atoms with E-state index in [2.05, 4.69) is 83.7 Å². The molecule has 2 heterocycles. The molecule has 0 unspecified atom stereocenters. The molecule has 0 saturated carbocycles. The maximum absolute atomic E-state index is 13.8. The molecule has 0 bridgehead atoms. The largest absolute Gasteiger partial charge is 0.322 e. The van der Waals surface area contributed by atoms with Gasteiger partial charge in [-0.15, -0.1) is 0 Å². The number of amides is 2. The van der Waals surface area contributed by atoms with Crippen molar-refractivity contribution >= 4 is 11.7 Å². The molecule has 1 atom stereocenters. The fraction of sp³-hybridized carbons (Fsp3) is 0.179. The maximum Gasteiger partial charge on any atom is 0.322 e. The number of hydrogen-bond donors (Lipinski definition) is 1. The molecule has 3 aromatic carbocycles. The van der Waals surface area contributed by atoms with Crippen LogP contribution in [0.4, 0.5) is 10.5 Å². The number of aromatic nitrogens is 1. The molecule has 5 rings (SSSR count). The van der Waals surface area contributed by atoms with Gasteiger partial charge in [-0.1, -0.05) is 60.2 Å². The molecule has 1 aliphatic rings. The van der Waals surface area contributed by atoms with Gasteiger partial charge in [0.1, 0.15) is 0 Å². The van der Waals surface area contributed by atoms with Crippen LogP contribution in [0.3, 0.4) is 0 Å². The molecule has 0 aliphatic carbocycles. The summed E-state index contributed by atoms with van der Waals surface area (Å²) in [7, 11) is 0. The van der Waals surface area contributed by atoms with Crippen molar-refractivity contribution in [1.82, 2.24) is 9.47 Å². The van der Waals surface area contributed by atoms with Crippen molar-refractivity contribution in [2.75, 3.05) is 5.32 Å². The van der Waals surface area contributed by atoms with Gasteiger partial charge in [-0.2, -0.15) is 0 Å². The van der Waals surface area contributed by atoms with E-state index in [4.69, 9.17) is 0 Å². The average molecular weight is 422 g/mol. The summed E-state index contributed by atoms with van der Waals surface area (Å²) < 4.78 is 2.22. The summed E-state index contributed by atoms with van der Waals surface area (Å²) in [6, 6.07) is 26.8. The van der Waals surface area contributed by atoms with Gasteiger partial charge >= 0.3 is 6.03 Å². The maximum atomic E-state index is 13.8. The van der Waals surface area contributed by atoms with Gasteiger partial charge in [0, 0.05) is 17.6 Å². The highest BCUT2D eigenvalue weighted by molar-refractivity contribution is 5.91. The lowest BCUT2D eigenvalue weighted by Gasteiger charge is -2.31. The van der Waals surface area contributed by atoms with Crippen LogP contribution < -0.4 is 5.32 Å². The molecule has 160 valence electrons. The molecule has 1 aliphatic heterocycles. The lowest BCUT2D eigenvalue weighted by Crippen LogP contribution is -2.38. The average Bonchev–Trinajstić information content (AvgIpc) is 3.20. The second kappa shape index (κ2) is 8.04. The third-order valence-corrected chi connectivity index (χ3v) is 6.22. The van der Waals surface area contributed by atoms with E-state index in [1.807, 2.05) is 36.9 Å². The van der Waals surface area contributed by atoms with Crippen LogP contribution in [0.5, 0.6) is 0 Å². The Kier molecular flexibility index (Phi) is 5.06.